The maximum Gasteiger partial charge on any atom is 0.262 e. The molecule has 1 heterocycles. The summed E-state index contributed by atoms with van der Waals surface area (Å²) in [5, 5.41) is 14.4. The van der Waals surface area contributed by atoms with Gasteiger partial charge in [0, 0.05) is 13.7 Å². The van der Waals surface area contributed by atoms with Crippen LogP contribution in [0.4, 0.5) is 0 Å². The highest BCUT2D eigenvalue weighted by molar-refractivity contribution is 6.01. The van der Waals surface area contributed by atoms with Crippen LogP contribution in [0.25, 0.3) is 6.08 Å². The summed E-state index contributed by atoms with van der Waals surface area (Å²) < 4.78 is 15.4. The number of furan rings is 1. The minimum Gasteiger partial charge on any atom is -0.484 e. The van der Waals surface area contributed by atoms with Gasteiger partial charge in [-0.1, -0.05) is 12.1 Å². The van der Waals surface area contributed by atoms with E-state index in [1.54, 1.807) is 36.4 Å². The van der Waals surface area contributed by atoms with E-state index in [1.807, 2.05) is 6.07 Å². The van der Waals surface area contributed by atoms with E-state index in [1.165, 1.54) is 19.4 Å². The average Bonchev–Trinajstić information content (AvgIpc) is 3.23. The van der Waals surface area contributed by atoms with Crippen molar-refractivity contribution < 1.29 is 23.5 Å². The van der Waals surface area contributed by atoms with Gasteiger partial charge in [0.05, 0.1) is 19.4 Å². The largest absolute Gasteiger partial charge is 0.484 e. The molecule has 0 atom stereocenters. The Labute approximate surface area is 162 Å². The van der Waals surface area contributed by atoms with E-state index in [9.17, 15) is 9.59 Å². The molecule has 1 aromatic carbocycles. The molecule has 8 nitrogen and oxygen atoms in total. The maximum atomic E-state index is 11.9. The molecule has 0 aliphatic heterocycles. The normalized spacial score (nSPS) is 10.8. The molecule has 2 rings (SSSR count). The van der Waals surface area contributed by atoms with Crippen LogP contribution in [0.2, 0.25) is 0 Å². The van der Waals surface area contributed by atoms with Crippen LogP contribution in [0.3, 0.4) is 0 Å². The second-order valence-corrected chi connectivity index (χ2v) is 5.63. The van der Waals surface area contributed by atoms with Gasteiger partial charge < -0.3 is 24.5 Å². The van der Waals surface area contributed by atoms with Crippen molar-refractivity contribution >= 4 is 17.9 Å². The minimum atomic E-state index is -0.465. The van der Waals surface area contributed by atoms with E-state index >= 15 is 0 Å². The number of rotatable bonds is 10. The fraction of sp³-hybridized carbons (Fsp3) is 0.250. The molecule has 2 amide bonds. The van der Waals surface area contributed by atoms with Gasteiger partial charge in [0.25, 0.3) is 11.8 Å². The molecule has 0 saturated heterocycles. The SMILES string of the molecule is COCCNC(=O)/C(C#N)=C/c1ccc(OCC(=O)NCc2ccco2)cc1. The van der Waals surface area contributed by atoms with Crippen LogP contribution in [0.1, 0.15) is 11.3 Å². The van der Waals surface area contributed by atoms with Crippen molar-refractivity contribution in [3.05, 3.63) is 59.6 Å². The molecule has 0 fully saturated rings. The third-order valence-electron chi connectivity index (χ3n) is 3.56. The number of amides is 2. The highest BCUT2D eigenvalue weighted by Crippen LogP contribution is 2.14. The van der Waals surface area contributed by atoms with Gasteiger partial charge in [0.1, 0.15) is 23.2 Å². The molecule has 0 bridgehead atoms. The zero-order chi connectivity index (χ0) is 20.2. The summed E-state index contributed by atoms with van der Waals surface area (Å²) in [5.41, 5.74) is 0.648. The van der Waals surface area contributed by atoms with E-state index in [0.717, 1.165) is 0 Å². The van der Waals surface area contributed by atoms with Crippen molar-refractivity contribution in [1.82, 2.24) is 10.6 Å². The van der Waals surface area contributed by atoms with Crippen molar-refractivity contribution in [2.24, 2.45) is 0 Å². The van der Waals surface area contributed by atoms with Gasteiger partial charge in [0.15, 0.2) is 6.61 Å². The molecule has 28 heavy (non-hydrogen) atoms. The first-order valence-corrected chi connectivity index (χ1v) is 8.53. The van der Waals surface area contributed by atoms with Crippen molar-refractivity contribution in [3.63, 3.8) is 0 Å². The zero-order valence-electron chi connectivity index (χ0n) is 15.4. The number of carbonyl (C=O) groups excluding carboxylic acids is 2. The topological polar surface area (TPSA) is 114 Å². The molecule has 146 valence electrons. The third kappa shape index (κ3) is 6.97. The Morgan fingerprint density at radius 3 is 2.64 bits per heavy atom. The van der Waals surface area contributed by atoms with Crippen LogP contribution in [0, 0.1) is 11.3 Å². The lowest BCUT2D eigenvalue weighted by Gasteiger charge is -2.07. The summed E-state index contributed by atoms with van der Waals surface area (Å²) in [6.07, 6.45) is 3.01. The van der Waals surface area contributed by atoms with Crippen molar-refractivity contribution in [1.29, 1.82) is 5.26 Å². The van der Waals surface area contributed by atoms with Gasteiger partial charge in [-0.3, -0.25) is 9.59 Å². The number of hydrogen-bond acceptors (Lipinski definition) is 6. The van der Waals surface area contributed by atoms with Gasteiger partial charge >= 0.3 is 0 Å². The molecule has 0 unspecified atom stereocenters. The number of methoxy groups -OCH3 is 1. The Balaban J connectivity index is 1.83. The molecular formula is C20H21N3O5. The van der Waals surface area contributed by atoms with E-state index in [0.29, 0.717) is 36.8 Å². The monoisotopic (exact) mass is 383 g/mol. The lowest BCUT2D eigenvalue weighted by molar-refractivity contribution is -0.123. The number of hydrogen-bond donors (Lipinski definition) is 2. The second kappa shape index (κ2) is 11.2. The summed E-state index contributed by atoms with van der Waals surface area (Å²) in [4.78, 5) is 23.7. The highest BCUT2D eigenvalue weighted by Gasteiger charge is 2.08. The van der Waals surface area contributed by atoms with Crippen molar-refractivity contribution in [2.75, 3.05) is 26.9 Å². The van der Waals surface area contributed by atoms with Gasteiger partial charge in [-0.15, -0.1) is 0 Å². The summed E-state index contributed by atoms with van der Waals surface area (Å²) in [7, 11) is 1.53. The van der Waals surface area contributed by atoms with Crippen LogP contribution in [-0.2, 0) is 20.9 Å². The van der Waals surface area contributed by atoms with Crippen LogP contribution in [-0.4, -0.2) is 38.7 Å². The molecule has 2 N–H and O–H groups in total. The van der Waals surface area contributed by atoms with Crippen LogP contribution < -0.4 is 15.4 Å². The van der Waals surface area contributed by atoms with Gasteiger partial charge in [0.2, 0.25) is 0 Å². The van der Waals surface area contributed by atoms with E-state index in [2.05, 4.69) is 10.6 Å². The summed E-state index contributed by atoms with van der Waals surface area (Å²) in [6.45, 7) is 0.845. The predicted octanol–water partition coefficient (Wildman–Crippen LogP) is 1.64. The fourth-order valence-corrected chi connectivity index (χ4v) is 2.14. The van der Waals surface area contributed by atoms with Gasteiger partial charge in [-0.2, -0.15) is 5.26 Å². The Morgan fingerprint density at radius 2 is 2.00 bits per heavy atom. The Morgan fingerprint density at radius 1 is 1.21 bits per heavy atom. The van der Waals surface area contributed by atoms with Crippen LogP contribution in [0.15, 0.2) is 52.7 Å². The molecule has 0 radical (unpaired) electrons. The molecular weight excluding hydrogens is 362 g/mol. The van der Waals surface area contributed by atoms with Crippen molar-refractivity contribution in [2.45, 2.75) is 6.54 Å². The Hall–Kier alpha value is -3.57. The van der Waals surface area contributed by atoms with Gasteiger partial charge in [-0.05, 0) is 35.9 Å². The first-order chi connectivity index (χ1) is 13.6. The summed E-state index contributed by atoms with van der Waals surface area (Å²) in [5.74, 6) is 0.408. The summed E-state index contributed by atoms with van der Waals surface area (Å²) >= 11 is 0. The minimum absolute atomic E-state index is 0.0120. The molecule has 0 saturated carbocycles. The first kappa shape index (κ1) is 20.7. The number of nitrogens with zero attached hydrogens (tertiary/aromatic N) is 1. The van der Waals surface area contributed by atoms with Crippen molar-refractivity contribution in [3.8, 4) is 11.8 Å². The van der Waals surface area contributed by atoms with E-state index in [-0.39, 0.29) is 18.1 Å². The van der Waals surface area contributed by atoms with E-state index < -0.39 is 5.91 Å². The number of benzene rings is 1. The predicted molar refractivity (Wildman–Crippen MR) is 101 cm³/mol. The number of nitriles is 1. The molecule has 2 aromatic rings. The highest BCUT2D eigenvalue weighted by atomic mass is 16.5. The molecule has 0 aliphatic rings. The second-order valence-electron chi connectivity index (χ2n) is 5.63. The molecule has 0 aliphatic carbocycles. The Kier molecular flexibility index (Phi) is 8.30. The molecule has 0 spiro atoms. The molecule has 8 heteroatoms. The Bertz CT molecular complexity index is 836. The van der Waals surface area contributed by atoms with Crippen LogP contribution in [0.5, 0.6) is 5.75 Å². The maximum absolute atomic E-state index is 11.9. The smallest absolute Gasteiger partial charge is 0.262 e. The van der Waals surface area contributed by atoms with E-state index in [4.69, 9.17) is 19.2 Å². The average molecular weight is 383 g/mol. The lowest BCUT2D eigenvalue weighted by Crippen LogP contribution is -2.28. The number of nitrogens with one attached hydrogen (secondary N) is 2. The summed E-state index contributed by atoms with van der Waals surface area (Å²) in [6, 6.07) is 12.1. The fourth-order valence-electron chi connectivity index (χ4n) is 2.14. The first-order valence-electron chi connectivity index (χ1n) is 8.53. The third-order valence-corrected chi connectivity index (χ3v) is 3.56. The van der Waals surface area contributed by atoms with Gasteiger partial charge in [-0.25, -0.2) is 0 Å². The number of ether oxygens (including phenoxy) is 2. The molecule has 1 aromatic heterocycles. The van der Waals surface area contributed by atoms with Crippen LogP contribution >= 0.6 is 0 Å². The standard InChI is InChI=1S/C20H21N3O5/c1-26-10-8-22-20(25)16(12-21)11-15-4-6-17(7-5-15)28-14-19(24)23-13-18-3-2-9-27-18/h2-7,9,11H,8,10,13-14H2,1H3,(H,22,25)(H,23,24)/b16-11+. The number of carbonyl (C=O) groups is 2. The lowest BCUT2D eigenvalue weighted by atomic mass is 10.1. The quantitative estimate of drug-likeness (QED) is 0.366. The zero-order valence-corrected chi connectivity index (χ0v) is 15.4.